The van der Waals surface area contributed by atoms with Crippen LogP contribution >= 0.6 is 0 Å². The molecule has 2 aromatic rings. The molecule has 1 aromatic carbocycles. The Morgan fingerprint density at radius 2 is 1.83 bits per heavy atom. The monoisotopic (exact) mass is 318 g/mol. The van der Waals surface area contributed by atoms with E-state index in [0.29, 0.717) is 32.1 Å². The molecular weight excluding hydrogens is 296 g/mol. The lowest BCUT2D eigenvalue weighted by Crippen LogP contribution is -2.39. The molecule has 0 atom stereocenters. The zero-order chi connectivity index (χ0) is 16.5. The number of benzene rings is 1. The number of carbonyl (C=O) groups excluding carboxylic acids is 1. The first kappa shape index (κ1) is 17.1. The van der Waals surface area contributed by atoms with Gasteiger partial charge < -0.3 is 19.7 Å². The van der Waals surface area contributed by atoms with E-state index < -0.39 is 0 Å². The van der Waals surface area contributed by atoms with Crippen molar-refractivity contribution in [2.45, 2.75) is 0 Å². The lowest BCUT2D eigenvalue weighted by atomic mass is 10.2. The number of ether oxygens (including phenoxy) is 2. The van der Waals surface area contributed by atoms with Crippen molar-refractivity contribution in [1.29, 1.82) is 0 Å². The highest BCUT2D eigenvalue weighted by Crippen LogP contribution is 2.17. The van der Waals surface area contributed by atoms with Gasteiger partial charge in [-0.05, 0) is 12.1 Å². The van der Waals surface area contributed by atoms with Crippen LogP contribution in [0.2, 0.25) is 0 Å². The SMILES string of the molecule is COCCN(CCOC)C(=O)CNc1ncnc2ccccc12. The minimum atomic E-state index is -0.0261. The summed E-state index contributed by atoms with van der Waals surface area (Å²) in [4.78, 5) is 22.5. The third kappa shape index (κ3) is 4.87. The van der Waals surface area contributed by atoms with E-state index in [1.807, 2.05) is 24.3 Å². The molecule has 0 spiro atoms. The van der Waals surface area contributed by atoms with Crippen molar-refractivity contribution < 1.29 is 14.3 Å². The first-order valence-electron chi connectivity index (χ1n) is 7.45. The highest BCUT2D eigenvalue weighted by molar-refractivity contribution is 5.90. The Labute approximate surface area is 135 Å². The molecule has 0 radical (unpaired) electrons. The fraction of sp³-hybridized carbons (Fsp3) is 0.438. The Morgan fingerprint density at radius 3 is 2.52 bits per heavy atom. The van der Waals surface area contributed by atoms with Crippen LogP contribution in [0.3, 0.4) is 0 Å². The van der Waals surface area contributed by atoms with Crippen LogP contribution in [0.15, 0.2) is 30.6 Å². The van der Waals surface area contributed by atoms with Crippen LogP contribution in [0, 0.1) is 0 Å². The quantitative estimate of drug-likeness (QED) is 0.748. The summed E-state index contributed by atoms with van der Waals surface area (Å²) in [7, 11) is 3.23. The van der Waals surface area contributed by atoms with Crippen molar-refractivity contribution in [3.63, 3.8) is 0 Å². The van der Waals surface area contributed by atoms with Crippen LogP contribution in [0.25, 0.3) is 10.9 Å². The normalized spacial score (nSPS) is 10.7. The molecule has 7 heteroatoms. The maximum absolute atomic E-state index is 12.4. The smallest absolute Gasteiger partial charge is 0.242 e. The van der Waals surface area contributed by atoms with Crippen LogP contribution in [0.5, 0.6) is 0 Å². The molecule has 1 amide bonds. The van der Waals surface area contributed by atoms with Crippen LogP contribution < -0.4 is 5.32 Å². The van der Waals surface area contributed by atoms with E-state index >= 15 is 0 Å². The van der Waals surface area contributed by atoms with Gasteiger partial charge in [-0.25, -0.2) is 9.97 Å². The number of aromatic nitrogens is 2. The van der Waals surface area contributed by atoms with Crippen LogP contribution in [0.4, 0.5) is 5.82 Å². The summed E-state index contributed by atoms with van der Waals surface area (Å²) >= 11 is 0. The van der Waals surface area contributed by atoms with Crippen molar-refractivity contribution in [3.05, 3.63) is 30.6 Å². The second kappa shape index (κ2) is 9.02. The Morgan fingerprint density at radius 1 is 1.13 bits per heavy atom. The number of hydrogen-bond donors (Lipinski definition) is 1. The van der Waals surface area contributed by atoms with Crippen LogP contribution in [-0.4, -0.2) is 67.8 Å². The standard InChI is InChI=1S/C16H22N4O3/c1-22-9-7-20(8-10-23-2)15(21)11-17-16-13-5-3-4-6-14(13)18-12-19-16/h3-6,12H,7-11H2,1-2H3,(H,17,18,19). The number of anilines is 1. The van der Waals surface area contributed by atoms with Crippen molar-refractivity contribution in [1.82, 2.24) is 14.9 Å². The molecule has 0 fully saturated rings. The van der Waals surface area contributed by atoms with Gasteiger partial charge in [0.2, 0.25) is 5.91 Å². The van der Waals surface area contributed by atoms with E-state index in [9.17, 15) is 4.79 Å². The summed E-state index contributed by atoms with van der Waals surface area (Å²) in [6, 6.07) is 7.67. The molecule has 0 aliphatic rings. The average molecular weight is 318 g/mol. The number of hydrogen-bond acceptors (Lipinski definition) is 6. The van der Waals surface area contributed by atoms with Crippen molar-refractivity contribution in [3.8, 4) is 0 Å². The summed E-state index contributed by atoms with van der Waals surface area (Å²) in [5.74, 6) is 0.629. The number of para-hydroxylation sites is 1. The Hall–Kier alpha value is -2.25. The van der Waals surface area contributed by atoms with Crippen LogP contribution in [0.1, 0.15) is 0 Å². The van der Waals surface area contributed by atoms with Gasteiger partial charge in [0.05, 0.1) is 25.3 Å². The van der Waals surface area contributed by atoms with E-state index in [2.05, 4.69) is 15.3 Å². The van der Waals surface area contributed by atoms with Gasteiger partial charge in [0.1, 0.15) is 12.1 Å². The van der Waals surface area contributed by atoms with Gasteiger partial charge in [0, 0.05) is 32.7 Å². The van der Waals surface area contributed by atoms with E-state index in [1.165, 1.54) is 6.33 Å². The van der Waals surface area contributed by atoms with Crippen molar-refractivity contribution in [2.24, 2.45) is 0 Å². The number of carbonyl (C=O) groups is 1. The first-order chi connectivity index (χ1) is 11.3. The third-order valence-electron chi connectivity index (χ3n) is 3.43. The summed E-state index contributed by atoms with van der Waals surface area (Å²) in [6.45, 7) is 2.21. The fourth-order valence-electron chi connectivity index (χ4n) is 2.18. The molecule has 0 bridgehead atoms. The molecule has 0 aliphatic heterocycles. The van der Waals surface area contributed by atoms with Crippen molar-refractivity contribution in [2.75, 3.05) is 52.4 Å². The molecule has 124 valence electrons. The second-order valence-corrected chi connectivity index (χ2v) is 4.96. The number of rotatable bonds is 9. The Balaban J connectivity index is 2.00. The second-order valence-electron chi connectivity index (χ2n) is 4.96. The average Bonchev–Trinajstić information content (AvgIpc) is 2.59. The van der Waals surface area contributed by atoms with E-state index in [4.69, 9.17) is 9.47 Å². The van der Waals surface area contributed by atoms with Gasteiger partial charge >= 0.3 is 0 Å². The summed E-state index contributed by atoms with van der Waals surface area (Å²) in [5.41, 5.74) is 0.841. The van der Waals surface area contributed by atoms with E-state index in [-0.39, 0.29) is 12.5 Å². The predicted octanol–water partition coefficient (Wildman–Crippen LogP) is 1.16. The van der Waals surface area contributed by atoms with E-state index in [1.54, 1.807) is 19.1 Å². The molecule has 0 unspecified atom stereocenters. The zero-order valence-electron chi connectivity index (χ0n) is 13.5. The minimum absolute atomic E-state index is 0.0261. The van der Waals surface area contributed by atoms with E-state index in [0.717, 1.165) is 10.9 Å². The topological polar surface area (TPSA) is 76.6 Å². The molecule has 1 N–H and O–H groups in total. The molecule has 0 saturated carbocycles. The minimum Gasteiger partial charge on any atom is -0.383 e. The number of fused-ring (bicyclic) bond motifs is 1. The summed E-state index contributed by atoms with van der Waals surface area (Å²) < 4.78 is 10.1. The van der Waals surface area contributed by atoms with Gasteiger partial charge in [-0.1, -0.05) is 12.1 Å². The van der Waals surface area contributed by atoms with Gasteiger partial charge in [0.15, 0.2) is 0 Å². The van der Waals surface area contributed by atoms with Crippen molar-refractivity contribution >= 4 is 22.6 Å². The van der Waals surface area contributed by atoms with Gasteiger partial charge in [-0.2, -0.15) is 0 Å². The van der Waals surface area contributed by atoms with Crippen LogP contribution in [-0.2, 0) is 14.3 Å². The van der Waals surface area contributed by atoms with Gasteiger partial charge in [-0.15, -0.1) is 0 Å². The molecule has 23 heavy (non-hydrogen) atoms. The largest absolute Gasteiger partial charge is 0.383 e. The Kier molecular flexibility index (Phi) is 6.71. The highest BCUT2D eigenvalue weighted by atomic mass is 16.5. The molecular formula is C16H22N4O3. The molecule has 0 aliphatic carbocycles. The predicted molar refractivity (Wildman–Crippen MR) is 88.4 cm³/mol. The third-order valence-corrected chi connectivity index (χ3v) is 3.43. The number of amides is 1. The molecule has 7 nitrogen and oxygen atoms in total. The first-order valence-corrected chi connectivity index (χ1v) is 7.45. The molecule has 1 heterocycles. The zero-order valence-corrected chi connectivity index (χ0v) is 13.5. The highest BCUT2D eigenvalue weighted by Gasteiger charge is 2.13. The van der Waals surface area contributed by atoms with Gasteiger partial charge in [0.25, 0.3) is 0 Å². The number of nitrogens with one attached hydrogen (secondary N) is 1. The lowest BCUT2D eigenvalue weighted by molar-refractivity contribution is -0.130. The fourth-order valence-corrected chi connectivity index (χ4v) is 2.18. The maximum Gasteiger partial charge on any atom is 0.242 e. The maximum atomic E-state index is 12.4. The number of methoxy groups -OCH3 is 2. The molecule has 0 saturated heterocycles. The number of nitrogens with zero attached hydrogens (tertiary/aromatic N) is 3. The molecule has 2 rings (SSSR count). The molecule has 1 aromatic heterocycles. The summed E-state index contributed by atoms with van der Waals surface area (Å²) in [5, 5.41) is 3.99. The Bertz CT molecular complexity index is 622. The summed E-state index contributed by atoms with van der Waals surface area (Å²) in [6.07, 6.45) is 1.49. The lowest BCUT2D eigenvalue weighted by Gasteiger charge is -2.22. The van der Waals surface area contributed by atoms with Gasteiger partial charge in [-0.3, -0.25) is 4.79 Å².